The molecule has 0 aliphatic heterocycles. The second kappa shape index (κ2) is 11.1. The molecule has 0 fully saturated rings. The van der Waals surface area contributed by atoms with Gasteiger partial charge in [0.05, 0.1) is 11.5 Å². The van der Waals surface area contributed by atoms with Crippen LogP contribution >= 0.6 is 11.6 Å². The lowest BCUT2D eigenvalue weighted by molar-refractivity contribution is -0.151. The minimum atomic E-state index is -4.27. The van der Waals surface area contributed by atoms with E-state index < -0.39 is 22.2 Å². The van der Waals surface area contributed by atoms with Gasteiger partial charge in [0.15, 0.2) is 11.9 Å². The summed E-state index contributed by atoms with van der Waals surface area (Å²) in [6.07, 6.45) is -1.63. The number of aromatic nitrogens is 1. The third kappa shape index (κ3) is 5.84. The molecule has 0 aliphatic rings. The lowest BCUT2D eigenvalue weighted by atomic mass is 9.98. The van der Waals surface area contributed by atoms with E-state index in [0.29, 0.717) is 27.6 Å². The van der Waals surface area contributed by atoms with Crippen LogP contribution in [0.4, 0.5) is 0 Å². The zero-order chi connectivity index (χ0) is 25.7. The summed E-state index contributed by atoms with van der Waals surface area (Å²) < 4.78 is 42.4. The van der Waals surface area contributed by atoms with E-state index in [2.05, 4.69) is 5.16 Å². The Bertz CT molecular complexity index is 1430. The van der Waals surface area contributed by atoms with E-state index in [9.17, 15) is 13.2 Å². The topological polar surface area (TPSA) is 95.7 Å². The van der Waals surface area contributed by atoms with Crippen molar-refractivity contribution in [2.45, 2.75) is 31.3 Å². The van der Waals surface area contributed by atoms with Gasteiger partial charge in [0, 0.05) is 28.1 Å². The number of carbonyl (C=O) groups is 1. The highest BCUT2D eigenvalue weighted by molar-refractivity contribution is 7.86. The van der Waals surface area contributed by atoms with E-state index >= 15 is 0 Å². The van der Waals surface area contributed by atoms with Crippen molar-refractivity contribution in [2.24, 2.45) is 0 Å². The highest BCUT2D eigenvalue weighted by Crippen LogP contribution is 2.34. The highest BCUT2D eigenvalue weighted by Gasteiger charge is 2.32. The number of halogens is 1. The van der Waals surface area contributed by atoms with Gasteiger partial charge >= 0.3 is 5.97 Å². The molecule has 4 rings (SSSR count). The highest BCUT2D eigenvalue weighted by atomic mass is 35.5. The van der Waals surface area contributed by atoms with Gasteiger partial charge < -0.3 is 9.26 Å². The molecule has 0 bridgehead atoms. The Morgan fingerprint density at radius 3 is 2.28 bits per heavy atom. The molecule has 36 heavy (non-hydrogen) atoms. The van der Waals surface area contributed by atoms with Gasteiger partial charge in [0.2, 0.25) is 0 Å². The number of carbonyl (C=O) groups excluding carboxylic acids is 1. The molecule has 3 aromatic carbocycles. The molecule has 1 aromatic heterocycles. The van der Waals surface area contributed by atoms with Gasteiger partial charge in [-0.15, -0.1) is 0 Å². The molecule has 9 heteroatoms. The van der Waals surface area contributed by atoms with E-state index in [0.717, 1.165) is 11.1 Å². The molecule has 0 aliphatic carbocycles. The summed E-state index contributed by atoms with van der Waals surface area (Å²) in [6.45, 7) is 3.54. The maximum absolute atomic E-state index is 13.1. The van der Waals surface area contributed by atoms with Crippen molar-refractivity contribution >= 4 is 27.7 Å². The smallest absolute Gasteiger partial charge is 0.337 e. The summed E-state index contributed by atoms with van der Waals surface area (Å²) >= 11 is 6.05. The summed E-state index contributed by atoms with van der Waals surface area (Å²) in [4.78, 5) is 12.8. The first kappa shape index (κ1) is 25.6. The SMILES string of the molecule is CCOC(=O)[C@@H](Cc1c(-c2ccccc2)noc1-c1ccc(Cl)cc1)OS(=O)(=O)c1ccc(C)cc1. The summed E-state index contributed by atoms with van der Waals surface area (Å²) in [5, 5.41) is 4.78. The lowest BCUT2D eigenvalue weighted by Crippen LogP contribution is -2.31. The van der Waals surface area contributed by atoms with Crippen LogP contribution in [0.3, 0.4) is 0 Å². The quantitative estimate of drug-likeness (QED) is 0.200. The van der Waals surface area contributed by atoms with Crippen LogP contribution in [0.15, 0.2) is 88.3 Å². The Labute approximate surface area is 214 Å². The normalized spacial score (nSPS) is 12.3. The van der Waals surface area contributed by atoms with Crippen molar-refractivity contribution in [3.8, 4) is 22.6 Å². The van der Waals surface area contributed by atoms with Crippen LogP contribution < -0.4 is 0 Å². The second-order valence-corrected chi connectivity index (χ2v) is 10.0. The minimum absolute atomic E-state index is 0.0580. The van der Waals surface area contributed by atoms with Crippen LogP contribution in [-0.2, 0) is 30.3 Å². The van der Waals surface area contributed by atoms with Crippen LogP contribution in [-0.4, -0.2) is 32.3 Å². The summed E-state index contributed by atoms with van der Waals surface area (Å²) in [7, 11) is -4.27. The first-order valence-corrected chi connectivity index (χ1v) is 13.0. The minimum Gasteiger partial charge on any atom is -0.464 e. The largest absolute Gasteiger partial charge is 0.464 e. The Morgan fingerprint density at radius 2 is 1.64 bits per heavy atom. The molecule has 0 spiro atoms. The Kier molecular flexibility index (Phi) is 7.88. The zero-order valence-electron chi connectivity index (χ0n) is 19.7. The first-order valence-electron chi connectivity index (χ1n) is 11.2. The molecule has 0 amide bonds. The molecule has 0 saturated heterocycles. The first-order chi connectivity index (χ1) is 17.3. The van der Waals surface area contributed by atoms with E-state index in [1.54, 1.807) is 43.3 Å². The van der Waals surface area contributed by atoms with Gasteiger partial charge in [-0.3, -0.25) is 4.18 Å². The molecule has 0 N–H and O–H groups in total. The fourth-order valence-electron chi connectivity index (χ4n) is 3.64. The molecular weight excluding hydrogens is 502 g/mol. The van der Waals surface area contributed by atoms with Crippen molar-refractivity contribution in [1.82, 2.24) is 5.16 Å². The average molecular weight is 526 g/mol. The van der Waals surface area contributed by atoms with E-state index in [4.69, 9.17) is 25.0 Å². The summed E-state index contributed by atoms with van der Waals surface area (Å²) in [5.74, 6) is -0.438. The maximum atomic E-state index is 13.1. The molecule has 1 heterocycles. The maximum Gasteiger partial charge on any atom is 0.337 e. The second-order valence-electron chi connectivity index (χ2n) is 8.02. The molecule has 0 radical (unpaired) electrons. The number of hydrogen-bond donors (Lipinski definition) is 0. The Morgan fingerprint density at radius 1 is 0.972 bits per heavy atom. The number of benzene rings is 3. The molecule has 186 valence electrons. The fourth-order valence-corrected chi connectivity index (χ4v) is 4.80. The molecule has 7 nitrogen and oxygen atoms in total. The lowest BCUT2D eigenvalue weighted by Gasteiger charge is -2.17. The van der Waals surface area contributed by atoms with Gasteiger partial charge in [0.1, 0.15) is 5.69 Å². The van der Waals surface area contributed by atoms with Gasteiger partial charge in [-0.05, 0) is 50.2 Å². The average Bonchev–Trinajstić information content (AvgIpc) is 3.28. The Hall–Kier alpha value is -3.46. The van der Waals surface area contributed by atoms with Crippen LogP contribution in [0.2, 0.25) is 5.02 Å². The molecule has 4 aromatic rings. The number of rotatable bonds is 9. The fraction of sp³-hybridized carbons (Fsp3) is 0.185. The monoisotopic (exact) mass is 525 g/mol. The predicted octanol–water partition coefficient (Wildman–Crippen LogP) is 5.85. The number of hydrogen-bond acceptors (Lipinski definition) is 7. The molecule has 0 unspecified atom stereocenters. The van der Waals surface area contributed by atoms with Crippen molar-refractivity contribution in [2.75, 3.05) is 6.61 Å². The van der Waals surface area contributed by atoms with Crippen LogP contribution in [0.25, 0.3) is 22.6 Å². The van der Waals surface area contributed by atoms with Crippen molar-refractivity contribution in [3.05, 3.63) is 95.0 Å². The van der Waals surface area contributed by atoms with Crippen LogP contribution in [0.1, 0.15) is 18.1 Å². The standard InChI is InChI=1S/C27H24ClNO6S/c1-3-33-27(30)24(35-36(31,32)22-15-9-18(2)10-16-22)17-23-25(19-7-5-4-6-8-19)29-34-26(23)20-11-13-21(28)14-12-20/h4-16,24H,3,17H2,1-2H3/t24-/m1/s1. The Balaban J connectivity index is 1.77. The predicted molar refractivity (Wildman–Crippen MR) is 136 cm³/mol. The number of ether oxygens (including phenoxy) is 1. The van der Waals surface area contributed by atoms with Gasteiger partial charge in [-0.2, -0.15) is 8.42 Å². The number of esters is 1. The van der Waals surface area contributed by atoms with Gasteiger partial charge in [-0.25, -0.2) is 4.79 Å². The van der Waals surface area contributed by atoms with E-state index in [1.165, 1.54) is 12.1 Å². The molecule has 0 saturated carbocycles. The van der Waals surface area contributed by atoms with Crippen molar-refractivity contribution in [3.63, 3.8) is 0 Å². The zero-order valence-corrected chi connectivity index (χ0v) is 21.3. The van der Waals surface area contributed by atoms with E-state index in [1.807, 2.05) is 37.3 Å². The number of nitrogens with zero attached hydrogens (tertiary/aromatic N) is 1. The summed E-state index contributed by atoms with van der Waals surface area (Å²) in [5.41, 5.74) is 3.25. The van der Waals surface area contributed by atoms with Crippen molar-refractivity contribution < 1.29 is 26.7 Å². The van der Waals surface area contributed by atoms with Crippen molar-refractivity contribution in [1.29, 1.82) is 0 Å². The van der Waals surface area contributed by atoms with Crippen LogP contribution in [0.5, 0.6) is 0 Å². The van der Waals surface area contributed by atoms with Gasteiger partial charge in [0.25, 0.3) is 10.1 Å². The van der Waals surface area contributed by atoms with E-state index in [-0.39, 0.29) is 17.9 Å². The molecular formula is C27H24ClNO6S. The van der Waals surface area contributed by atoms with Gasteiger partial charge in [-0.1, -0.05) is 64.8 Å². The van der Waals surface area contributed by atoms with Crippen LogP contribution in [0, 0.1) is 6.92 Å². The number of aryl methyl sites for hydroxylation is 1. The summed E-state index contributed by atoms with van der Waals surface area (Å²) in [6, 6.07) is 22.3. The molecule has 1 atom stereocenters. The third-order valence-corrected chi connectivity index (χ3v) is 7.02. The third-order valence-electron chi connectivity index (χ3n) is 5.43.